The van der Waals surface area contributed by atoms with E-state index in [-0.39, 0.29) is 25.8 Å². The fraction of sp³-hybridized carbons (Fsp3) is 0.367. The first-order valence-corrected chi connectivity index (χ1v) is 13.6. The average Bonchev–Trinajstić information content (AvgIpc) is 3.69. The molecule has 41 heavy (non-hydrogen) atoms. The van der Waals surface area contributed by atoms with Gasteiger partial charge in [-0.3, -0.25) is 9.69 Å². The zero-order valence-corrected chi connectivity index (χ0v) is 22.8. The summed E-state index contributed by atoms with van der Waals surface area (Å²) in [7, 11) is 0. The molecule has 11 nitrogen and oxygen atoms in total. The molecule has 0 aliphatic carbocycles. The standard InChI is InChI=1S/C30H33N5O6/c31-18-23-4-1-5-25(16-23)32-30(37)34(10-3-9-33-11-14-38-15-12-33)21-29(36)35(20-26-6-2-13-39-26)19-24-7-8-27-28(17-24)41-22-40-27/h1-2,4-8,13,16-17H,3,9-12,14-15,19-22H2,(H,32,37). The van der Waals surface area contributed by atoms with Crippen LogP contribution in [-0.2, 0) is 22.6 Å². The molecular formula is C30H33N5O6. The van der Waals surface area contributed by atoms with Crippen molar-refractivity contribution in [3.05, 3.63) is 77.7 Å². The predicted octanol–water partition coefficient (Wildman–Crippen LogP) is 3.67. The predicted molar refractivity (Wildman–Crippen MR) is 149 cm³/mol. The highest BCUT2D eigenvalue weighted by atomic mass is 16.7. The zero-order valence-electron chi connectivity index (χ0n) is 22.8. The van der Waals surface area contributed by atoms with Crippen LogP contribution in [0.15, 0.2) is 65.3 Å². The molecule has 5 rings (SSSR count). The van der Waals surface area contributed by atoms with E-state index < -0.39 is 6.03 Å². The number of benzene rings is 2. The van der Waals surface area contributed by atoms with E-state index in [9.17, 15) is 14.9 Å². The van der Waals surface area contributed by atoms with Gasteiger partial charge in [0.1, 0.15) is 12.3 Å². The number of hydrogen-bond donors (Lipinski definition) is 1. The maximum absolute atomic E-state index is 13.8. The fourth-order valence-electron chi connectivity index (χ4n) is 4.78. The number of ether oxygens (including phenoxy) is 3. The molecular weight excluding hydrogens is 526 g/mol. The van der Waals surface area contributed by atoms with Crippen LogP contribution in [0.1, 0.15) is 23.3 Å². The van der Waals surface area contributed by atoms with Gasteiger partial charge in [-0.25, -0.2) is 4.79 Å². The average molecular weight is 560 g/mol. The first kappa shape index (κ1) is 28.0. The number of amides is 3. The van der Waals surface area contributed by atoms with E-state index in [1.165, 1.54) is 4.90 Å². The van der Waals surface area contributed by atoms with Crippen molar-refractivity contribution in [1.29, 1.82) is 5.26 Å². The van der Waals surface area contributed by atoms with E-state index in [0.717, 1.165) is 25.2 Å². The van der Waals surface area contributed by atoms with Crippen LogP contribution < -0.4 is 14.8 Å². The molecule has 0 saturated carbocycles. The van der Waals surface area contributed by atoms with Gasteiger partial charge in [0.2, 0.25) is 12.7 Å². The SMILES string of the molecule is N#Cc1cccc(NC(=O)N(CCCN2CCOCC2)CC(=O)N(Cc2ccc3c(c2)OCO3)Cc2ccco2)c1. The molecule has 214 valence electrons. The maximum atomic E-state index is 13.8. The van der Waals surface area contributed by atoms with Crippen LogP contribution in [0.4, 0.5) is 10.5 Å². The molecule has 0 atom stereocenters. The third-order valence-electron chi connectivity index (χ3n) is 6.95. The Labute approximate surface area is 238 Å². The van der Waals surface area contributed by atoms with E-state index in [0.29, 0.717) is 61.2 Å². The van der Waals surface area contributed by atoms with Gasteiger partial charge in [0, 0.05) is 38.4 Å². The Morgan fingerprint density at radius 1 is 0.976 bits per heavy atom. The minimum absolute atomic E-state index is 0.127. The van der Waals surface area contributed by atoms with E-state index in [4.69, 9.17) is 18.6 Å². The van der Waals surface area contributed by atoms with Crippen LogP contribution in [0.25, 0.3) is 0 Å². The van der Waals surface area contributed by atoms with Crippen LogP contribution in [0.3, 0.4) is 0 Å². The number of hydrogen-bond acceptors (Lipinski definition) is 8. The molecule has 2 aromatic carbocycles. The van der Waals surface area contributed by atoms with Crippen molar-refractivity contribution < 1.29 is 28.2 Å². The van der Waals surface area contributed by atoms with Crippen molar-refractivity contribution >= 4 is 17.6 Å². The summed E-state index contributed by atoms with van der Waals surface area (Å²) in [5, 5.41) is 12.1. The number of nitriles is 1. The van der Waals surface area contributed by atoms with Crippen molar-refractivity contribution in [3.63, 3.8) is 0 Å². The number of anilines is 1. The number of carbonyl (C=O) groups is 2. The Bertz CT molecular complexity index is 1370. The Balaban J connectivity index is 1.30. The topological polar surface area (TPSA) is 121 Å². The lowest BCUT2D eigenvalue weighted by Gasteiger charge is -2.30. The molecule has 11 heteroatoms. The van der Waals surface area contributed by atoms with E-state index in [2.05, 4.69) is 16.3 Å². The summed E-state index contributed by atoms with van der Waals surface area (Å²) < 4.78 is 21.9. The molecule has 3 heterocycles. The summed E-state index contributed by atoms with van der Waals surface area (Å²) in [4.78, 5) is 32.7. The van der Waals surface area contributed by atoms with Crippen molar-refractivity contribution in [1.82, 2.24) is 14.7 Å². The van der Waals surface area contributed by atoms with E-state index in [1.54, 1.807) is 41.5 Å². The first-order chi connectivity index (χ1) is 20.1. The van der Waals surface area contributed by atoms with Gasteiger partial charge >= 0.3 is 6.03 Å². The van der Waals surface area contributed by atoms with Crippen LogP contribution in [-0.4, -0.2) is 79.4 Å². The minimum Gasteiger partial charge on any atom is -0.467 e. The van der Waals surface area contributed by atoms with Crippen LogP contribution in [0.5, 0.6) is 11.5 Å². The second kappa shape index (κ2) is 13.7. The monoisotopic (exact) mass is 559 g/mol. The molecule has 1 aromatic heterocycles. The summed E-state index contributed by atoms with van der Waals surface area (Å²) in [6.45, 7) is 4.83. The fourth-order valence-corrected chi connectivity index (χ4v) is 4.78. The summed E-state index contributed by atoms with van der Waals surface area (Å²) in [5.41, 5.74) is 1.80. The number of carbonyl (C=O) groups excluding carboxylic acids is 2. The van der Waals surface area contributed by atoms with Gasteiger partial charge in [0.05, 0.1) is 37.7 Å². The Morgan fingerprint density at radius 2 is 1.83 bits per heavy atom. The van der Waals surface area contributed by atoms with Crippen molar-refractivity contribution in [3.8, 4) is 17.6 Å². The molecule has 0 bridgehead atoms. The highest BCUT2D eigenvalue weighted by molar-refractivity contribution is 5.92. The number of fused-ring (bicyclic) bond motifs is 1. The zero-order chi connectivity index (χ0) is 28.4. The summed E-state index contributed by atoms with van der Waals surface area (Å²) in [6.07, 6.45) is 2.26. The largest absolute Gasteiger partial charge is 0.467 e. The van der Waals surface area contributed by atoms with E-state index >= 15 is 0 Å². The van der Waals surface area contributed by atoms with Gasteiger partial charge in [-0.1, -0.05) is 12.1 Å². The van der Waals surface area contributed by atoms with E-state index in [1.807, 2.05) is 24.3 Å². The lowest BCUT2D eigenvalue weighted by atomic mass is 10.2. The molecule has 0 radical (unpaired) electrons. The summed E-state index contributed by atoms with van der Waals surface area (Å²) >= 11 is 0. The lowest BCUT2D eigenvalue weighted by Crippen LogP contribution is -2.45. The Hall–Kier alpha value is -4.53. The molecule has 1 N–H and O–H groups in total. The molecule has 1 fully saturated rings. The molecule has 1 saturated heterocycles. The smallest absolute Gasteiger partial charge is 0.322 e. The van der Waals surface area contributed by atoms with Gasteiger partial charge in [0.15, 0.2) is 11.5 Å². The number of furan rings is 1. The van der Waals surface area contributed by atoms with Gasteiger partial charge in [0.25, 0.3) is 0 Å². The highest BCUT2D eigenvalue weighted by Crippen LogP contribution is 2.33. The van der Waals surface area contributed by atoms with Gasteiger partial charge in [-0.05, 0) is 54.4 Å². The number of rotatable bonds is 11. The third kappa shape index (κ3) is 7.78. The Kier molecular flexibility index (Phi) is 9.36. The van der Waals surface area contributed by atoms with Crippen LogP contribution >= 0.6 is 0 Å². The molecule has 0 spiro atoms. The lowest BCUT2D eigenvalue weighted by molar-refractivity contribution is -0.133. The Morgan fingerprint density at radius 3 is 2.63 bits per heavy atom. The molecule has 0 unspecified atom stereocenters. The minimum atomic E-state index is -0.406. The second-order valence-corrected chi connectivity index (χ2v) is 9.87. The number of nitrogens with zero attached hydrogens (tertiary/aromatic N) is 4. The number of nitrogens with one attached hydrogen (secondary N) is 1. The van der Waals surface area contributed by atoms with Crippen LogP contribution in [0, 0.1) is 11.3 Å². The van der Waals surface area contributed by atoms with Gasteiger partial charge in [-0.2, -0.15) is 5.26 Å². The van der Waals surface area contributed by atoms with Gasteiger partial charge < -0.3 is 33.7 Å². The first-order valence-electron chi connectivity index (χ1n) is 13.6. The quantitative estimate of drug-likeness (QED) is 0.378. The van der Waals surface area contributed by atoms with Crippen molar-refractivity contribution in [2.45, 2.75) is 19.5 Å². The number of urea groups is 1. The highest BCUT2D eigenvalue weighted by Gasteiger charge is 2.24. The maximum Gasteiger partial charge on any atom is 0.322 e. The van der Waals surface area contributed by atoms with Crippen LogP contribution in [0.2, 0.25) is 0 Å². The molecule has 2 aliphatic heterocycles. The second-order valence-electron chi connectivity index (χ2n) is 9.87. The molecule has 3 amide bonds. The third-order valence-corrected chi connectivity index (χ3v) is 6.95. The van der Waals surface area contributed by atoms with Gasteiger partial charge in [-0.15, -0.1) is 0 Å². The van der Waals surface area contributed by atoms with Crippen molar-refractivity contribution in [2.75, 3.05) is 58.0 Å². The summed E-state index contributed by atoms with van der Waals surface area (Å²) in [5.74, 6) is 1.71. The molecule has 3 aromatic rings. The van der Waals surface area contributed by atoms with Crippen molar-refractivity contribution in [2.24, 2.45) is 0 Å². The summed E-state index contributed by atoms with van der Waals surface area (Å²) in [6, 6.07) is 17.5. The normalized spacial score (nSPS) is 14.3. The molecule has 2 aliphatic rings. The number of morpholine rings is 1.